The van der Waals surface area contributed by atoms with Gasteiger partial charge in [0.25, 0.3) is 0 Å². The number of carbonyl (C=O) groups excluding carboxylic acids is 2. The second kappa shape index (κ2) is 11.9. The fourth-order valence-electron chi connectivity index (χ4n) is 3.99. The molecule has 0 bridgehead atoms. The maximum Gasteiger partial charge on any atom is 0.416 e. The van der Waals surface area contributed by atoms with E-state index in [1.807, 2.05) is 63.2 Å². The lowest BCUT2D eigenvalue weighted by atomic mass is 9.97. The van der Waals surface area contributed by atoms with Crippen molar-refractivity contribution in [1.82, 2.24) is 9.88 Å². The fraction of sp³-hybridized carbons (Fsp3) is 0.519. The van der Waals surface area contributed by atoms with Crippen molar-refractivity contribution in [2.75, 3.05) is 18.0 Å². The summed E-state index contributed by atoms with van der Waals surface area (Å²) in [4.78, 5) is 33.6. The number of pyridine rings is 1. The average molecular weight is 468 g/mol. The van der Waals surface area contributed by atoms with Gasteiger partial charge in [0.15, 0.2) is 0 Å². The van der Waals surface area contributed by atoms with Gasteiger partial charge in [-0.2, -0.15) is 0 Å². The molecule has 0 unspecified atom stereocenters. The Bertz CT molecular complexity index is 925. The number of amides is 2. The Balaban J connectivity index is 1.72. The Hall–Kier alpha value is -3.09. The predicted molar refractivity (Wildman–Crippen MR) is 133 cm³/mol. The molecule has 2 aromatic rings. The number of unbranched alkanes of at least 4 members (excludes halogenated alkanes) is 1. The van der Waals surface area contributed by atoms with Gasteiger partial charge in [0.1, 0.15) is 18.0 Å². The molecule has 1 atom stereocenters. The summed E-state index contributed by atoms with van der Waals surface area (Å²) in [6.45, 7) is 9.09. The zero-order valence-electron chi connectivity index (χ0n) is 20.8. The highest BCUT2D eigenvalue weighted by Gasteiger charge is 2.30. The quantitative estimate of drug-likeness (QED) is 0.465. The molecule has 0 saturated carbocycles. The molecule has 2 amide bonds. The first-order chi connectivity index (χ1) is 16.3. The van der Waals surface area contributed by atoms with Crippen LogP contribution in [0.5, 0.6) is 0 Å². The van der Waals surface area contributed by atoms with Gasteiger partial charge in [0.2, 0.25) is 0 Å². The monoisotopic (exact) mass is 467 g/mol. The van der Waals surface area contributed by atoms with Gasteiger partial charge in [-0.25, -0.2) is 14.6 Å². The third-order valence-corrected chi connectivity index (χ3v) is 5.72. The van der Waals surface area contributed by atoms with E-state index in [0.717, 1.165) is 43.2 Å². The van der Waals surface area contributed by atoms with Gasteiger partial charge in [-0.05, 0) is 63.6 Å². The number of anilines is 1. The van der Waals surface area contributed by atoms with Gasteiger partial charge in [-0.15, -0.1) is 0 Å². The van der Waals surface area contributed by atoms with Gasteiger partial charge in [0.05, 0.1) is 6.04 Å². The number of piperidine rings is 1. The largest absolute Gasteiger partial charge is 0.445 e. The molecule has 34 heavy (non-hydrogen) atoms. The standard InChI is InChI=1S/C27H37N3O4/c1-5-6-17-30(26(32)34-27(2,3)4)24-16-15-22(19-28-24)23-14-10-11-18-29(23)25(31)33-20-21-12-8-7-9-13-21/h7-9,12-13,15-16,19,23H,5-6,10-11,14,17-18,20H2,1-4H3/t23-/m1/s1. The van der Waals surface area contributed by atoms with Crippen molar-refractivity contribution in [2.45, 2.75) is 78.0 Å². The summed E-state index contributed by atoms with van der Waals surface area (Å²) >= 11 is 0. The molecule has 1 fully saturated rings. The molecule has 3 rings (SSSR count). The molecule has 1 aromatic heterocycles. The number of hydrogen-bond acceptors (Lipinski definition) is 5. The molecular formula is C27H37N3O4. The second-order valence-corrected chi connectivity index (χ2v) is 9.68. The molecule has 7 heteroatoms. The molecule has 0 aliphatic carbocycles. The Morgan fingerprint density at radius 1 is 1.12 bits per heavy atom. The van der Waals surface area contributed by atoms with Gasteiger partial charge >= 0.3 is 12.2 Å². The van der Waals surface area contributed by atoms with Crippen molar-refractivity contribution >= 4 is 18.0 Å². The number of ether oxygens (including phenoxy) is 2. The van der Waals surface area contributed by atoms with Crippen LogP contribution in [0.3, 0.4) is 0 Å². The van der Waals surface area contributed by atoms with Crippen LogP contribution in [0.25, 0.3) is 0 Å². The summed E-state index contributed by atoms with van der Waals surface area (Å²) in [6, 6.07) is 13.4. The predicted octanol–water partition coefficient (Wildman–Crippen LogP) is 6.49. The zero-order chi connectivity index (χ0) is 24.6. The van der Waals surface area contributed by atoms with Crippen molar-refractivity contribution < 1.29 is 19.1 Å². The number of rotatable bonds is 7. The van der Waals surface area contributed by atoms with Crippen molar-refractivity contribution in [1.29, 1.82) is 0 Å². The Morgan fingerprint density at radius 3 is 2.53 bits per heavy atom. The lowest BCUT2D eigenvalue weighted by Gasteiger charge is -2.35. The summed E-state index contributed by atoms with van der Waals surface area (Å²) in [5, 5.41) is 0. The van der Waals surface area contributed by atoms with E-state index in [4.69, 9.17) is 9.47 Å². The summed E-state index contributed by atoms with van der Waals surface area (Å²) in [5.41, 5.74) is 1.33. The highest BCUT2D eigenvalue weighted by atomic mass is 16.6. The zero-order valence-corrected chi connectivity index (χ0v) is 20.8. The van der Waals surface area contributed by atoms with Crippen molar-refractivity contribution in [3.63, 3.8) is 0 Å². The molecule has 7 nitrogen and oxygen atoms in total. The van der Waals surface area contributed by atoms with Crippen LogP contribution in [-0.4, -0.2) is 40.8 Å². The molecular weight excluding hydrogens is 430 g/mol. The number of carbonyl (C=O) groups is 2. The summed E-state index contributed by atoms with van der Waals surface area (Å²) < 4.78 is 11.2. The van der Waals surface area contributed by atoms with Crippen molar-refractivity contribution in [3.8, 4) is 0 Å². The Labute approximate surface area is 203 Å². The van der Waals surface area contributed by atoms with E-state index >= 15 is 0 Å². The number of aromatic nitrogens is 1. The maximum atomic E-state index is 12.9. The topological polar surface area (TPSA) is 72.0 Å². The van der Waals surface area contributed by atoms with Crippen LogP contribution in [0.15, 0.2) is 48.7 Å². The minimum Gasteiger partial charge on any atom is -0.445 e. The number of nitrogens with zero attached hydrogens (tertiary/aromatic N) is 3. The first-order valence-electron chi connectivity index (χ1n) is 12.2. The average Bonchev–Trinajstić information content (AvgIpc) is 2.83. The van der Waals surface area contributed by atoms with Gasteiger partial charge in [-0.1, -0.05) is 49.7 Å². The Kier molecular flexibility index (Phi) is 8.91. The number of hydrogen-bond donors (Lipinski definition) is 0. The highest BCUT2D eigenvalue weighted by molar-refractivity contribution is 5.86. The molecule has 1 saturated heterocycles. The van der Waals surface area contributed by atoms with E-state index in [1.165, 1.54) is 0 Å². The van der Waals surface area contributed by atoms with Crippen LogP contribution in [-0.2, 0) is 16.1 Å². The number of likely N-dealkylation sites (tertiary alicyclic amines) is 1. The Morgan fingerprint density at radius 2 is 1.88 bits per heavy atom. The van der Waals surface area contributed by atoms with Crippen LogP contribution in [0.1, 0.15) is 77.0 Å². The molecule has 0 spiro atoms. The maximum absolute atomic E-state index is 12.9. The smallest absolute Gasteiger partial charge is 0.416 e. The summed E-state index contributed by atoms with van der Waals surface area (Å²) in [6.07, 6.45) is 5.72. The normalized spacial score (nSPS) is 16.1. The van der Waals surface area contributed by atoms with Crippen LogP contribution in [0.4, 0.5) is 15.4 Å². The molecule has 2 heterocycles. The SMILES string of the molecule is CCCCN(C(=O)OC(C)(C)C)c1ccc([C@H]2CCCCN2C(=O)OCc2ccccc2)cn1. The van der Waals surface area contributed by atoms with E-state index in [9.17, 15) is 9.59 Å². The van der Waals surface area contributed by atoms with Crippen LogP contribution < -0.4 is 4.90 Å². The van der Waals surface area contributed by atoms with E-state index in [0.29, 0.717) is 18.9 Å². The van der Waals surface area contributed by atoms with E-state index in [1.54, 1.807) is 16.0 Å². The van der Waals surface area contributed by atoms with E-state index in [2.05, 4.69) is 11.9 Å². The first kappa shape index (κ1) is 25.5. The lowest BCUT2D eigenvalue weighted by molar-refractivity contribution is 0.0578. The third kappa shape index (κ3) is 7.20. The molecule has 184 valence electrons. The van der Waals surface area contributed by atoms with Crippen molar-refractivity contribution in [2.24, 2.45) is 0 Å². The molecule has 1 aromatic carbocycles. The third-order valence-electron chi connectivity index (χ3n) is 5.72. The van der Waals surface area contributed by atoms with Crippen LogP contribution in [0.2, 0.25) is 0 Å². The van der Waals surface area contributed by atoms with Gasteiger partial charge < -0.3 is 14.4 Å². The summed E-state index contributed by atoms with van der Waals surface area (Å²) in [7, 11) is 0. The fourth-order valence-corrected chi connectivity index (χ4v) is 3.99. The second-order valence-electron chi connectivity index (χ2n) is 9.68. The number of benzene rings is 1. The molecule has 1 aliphatic heterocycles. The molecule has 0 radical (unpaired) electrons. The minimum atomic E-state index is -0.579. The van der Waals surface area contributed by atoms with Crippen molar-refractivity contribution in [3.05, 3.63) is 59.8 Å². The molecule has 0 N–H and O–H groups in total. The summed E-state index contributed by atoms with van der Waals surface area (Å²) in [5.74, 6) is 0.556. The van der Waals surface area contributed by atoms with E-state index < -0.39 is 11.7 Å². The van der Waals surface area contributed by atoms with E-state index in [-0.39, 0.29) is 18.7 Å². The lowest BCUT2D eigenvalue weighted by Crippen LogP contribution is -2.39. The van der Waals surface area contributed by atoms with Crippen LogP contribution >= 0.6 is 0 Å². The van der Waals surface area contributed by atoms with Gasteiger partial charge in [-0.3, -0.25) is 4.90 Å². The first-order valence-corrected chi connectivity index (χ1v) is 12.2. The minimum absolute atomic E-state index is 0.0933. The van der Waals surface area contributed by atoms with Gasteiger partial charge in [0, 0.05) is 19.3 Å². The van der Waals surface area contributed by atoms with Crippen LogP contribution in [0, 0.1) is 0 Å². The molecule has 1 aliphatic rings. The highest BCUT2D eigenvalue weighted by Crippen LogP contribution is 2.32.